The third-order valence-corrected chi connectivity index (χ3v) is 19.3. The Balaban J connectivity index is 5.68. The van der Waals surface area contributed by atoms with E-state index in [0.717, 1.165) is 0 Å². The van der Waals surface area contributed by atoms with E-state index in [9.17, 15) is 0 Å². The Morgan fingerprint density at radius 2 is 0.897 bits per heavy atom. The van der Waals surface area contributed by atoms with Crippen molar-refractivity contribution in [2.75, 3.05) is 0 Å². The van der Waals surface area contributed by atoms with Crippen LogP contribution < -0.4 is 0 Å². The predicted molar refractivity (Wildman–Crippen MR) is 141 cm³/mol. The van der Waals surface area contributed by atoms with Crippen molar-refractivity contribution in [2.45, 2.75) is 155 Å². The van der Waals surface area contributed by atoms with E-state index in [1.807, 2.05) is 0 Å². The summed E-state index contributed by atoms with van der Waals surface area (Å²) in [6, 6.07) is 8.03. The van der Waals surface area contributed by atoms with Crippen molar-refractivity contribution >= 4 is 26.6 Å². The molecule has 0 radical (unpaired) electrons. The summed E-state index contributed by atoms with van der Waals surface area (Å²) < 4.78 is 14.6. The molecular weight excluding hydrogens is 405 g/mol. The van der Waals surface area contributed by atoms with Gasteiger partial charge >= 0.3 is 8.56 Å². The molecule has 0 bridgehead atoms. The van der Waals surface area contributed by atoms with Gasteiger partial charge in [-0.05, 0) is 36.3 Å². The number of rotatable bonds is 22. The number of unbranched alkanes of at least 4 members (excludes halogenated alkanes) is 6. The quantitative estimate of drug-likeness (QED) is 0.119. The maximum absolute atomic E-state index is 7.61. The third kappa shape index (κ3) is 13.6. The molecule has 0 amide bonds. The van der Waals surface area contributed by atoms with Gasteiger partial charge in [-0.3, -0.25) is 0 Å². The van der Waals surface area contributed by atoms with Crippen molar-refractivity contribution in [3.8, 4) is 0 Å². The van der Waals surface area contributed by atoms with Gasteiger partial charge in [-0.25, -0.2) is 0 Å². The molecule has 0 unspecified atom stereocenters. The summed E-state index contributed by atoms with van der Waals surface area (Å²) in [7, 11) is -4.18. The average molecular weight is 461 g/mol. The largest absolute Gasteiger partial charge is 0.442 e. The van der Waals surface area contributed by atoms with Crippen molar-refractivity contribution in [1.29, 1.82) is 0 Å². The van der Waals surface area contributed by atoms with Crippen LogP contribution in [0.15, 0.2) is 0 Å². The minimum absolute atomic E-state index is 0.427. The highest BCUT2D eigenvalue weighted by molar-refractivity contribution is 6.86. The second kappa shape index (κ2) is 19.3. The molecule has 0 spiro atoms. The number of hydrogen-bond donors (Lipinski definition) is 0. The van der Waals surface area contributed by atoms with Gasteiger partial charge in [0.1, 0.15) is 9.76 Å². The van der Waals surface area contributed by atoms with Crippen LogP contribution in [0.25, 0.3) is 0 Å². The van der Waals surface area contributed by atoms with Crippen LogP contribution in [-0.4, -0.2) is 26.6 Å². The molecule has 0 aromatic heterocycles. The smallest absolute Gasteiger partial charge is 0.317 e. The van der Waals surface area contributed by atoms with Crippen molar-refractivity contribution in [3.63, 3.8) is 0 Å². The Morgan fingerprint density at radius 1 is 0.517 bits per heavy atom. The van der Waals surface area contributed by atoms with Crippen LogP contribution in [0.5, 0.6) is 0 Å². The molecule has 0 saturated carbocycles. The zero-order valence-corrected chi connectivity index (χ0v) is 24.7. The maximum Gasteiger partial charge on any atom is 0.317 e. The maximum atomic E-state index is 7.61. The minimum Gasteiger partial charge on any atom is -0.442 e. The van der Waals surface area contributed by atoms with Crippen molar-refractivity contribution in [2.24, 2.45) is 0 Å². The molecule has 0 aliphatic carbocycles. The fourth-order valence-electron chi connectivity index (χ4n) is 4.32. The SMILES string of the molecule is CCCC[SiH2]O[Si](CCCC)(CCCC)O[Si](CCCC)(CCCC)CCCC. The molecule has 0 aromatic rings. The third-order valence-electron chi connectivity index (χ3n) is 6.30. The van der Waals surface area contributed by atoms with Gasteiger partial charge in [-0.2, -0.15) is 0 Å². The molecular formula is C24H56O2Si3. The van der Waals surface area contributed by atoms with Crippen LogP contribution in [0.3, 0.4) is 0 Å². The Hall–Kier alpha value is 0.571. The molecule has 5 heteroatoms. The van der Waals surface area contributed by atoms with Crippen LogP contribution in [0.2, 0.25) is 36.3 Å². The van der Waals surface area contributed by atoms with Crippen molar-refractivity contribution < 1.29 is 8.23 Å². The van der Waals surface area contributed by atoms with Crippen LogP contribution in [-0.2, 0) is 8.23 Å². The zero-order chi connectivity index (χ0) is 21.8. The highest BCUT2D eigenvalue weighted by Crippen LogP contribution is 2.37. The summed E-state index contributed by atoms with van der Waals surface area (Å²) in [4.78, 5) is 0. The Kier molecular flexibility index (Phi) is 19.6. The van der Waals surface area contributed by atoms with Crippen molar-refractivity contribution in [3.05, 3.63) is 0 Å². The molecule has 0 saturated heterocycles. The van der Waals surface area contributed by atoms with E-state index in [1.54, 1.807) is 0 Å². The lowest BCUT2D eigenvalue weighted by Crippen LogP contribution is -2.54. The zero-order valence-electron chi connectivity index (χ0n) is 21.3. The van der Waals surface area contributed by atoms with Crippen LogP contribution >= 0.6 is 0 Å². The van der Waals surface area contributed by atoms with Gasteiger partial charge in [-0.15, -0.1) is 0 Å². The average Bonchev–Trinajstić information content (AvgIpc) is 2.74. The summed E-state index contributed by atoms with van der Waals surface area (Å²) >= 11 is 0. The first-order valence-corrected chi connectivity index (χ1v) is 19.7. The molecule has 176 valence electrons. The van der Waals surface area contributed by atoms with E-state index in [-0.39, 0.29) is 0 Å². The van der Waals surface area contributed by atoms with E-state index in [4.69, 9.17) is 8.23 Å². The molecule has 0 N–H and O–H groups in total. The summed E-state index contributed by atoms with van der Waals surface area (Å²) in [5, 5.41) is 0. The second-order valence-electron chi connectivity index (χ2n) is 9.27. The van der Waals surface area contributed by atoms with Gasteiger partial charge in [0.05, 0.1) is 0 Å². The molecule has 2 nitrogen and oxygen atoms in total. The first kappa shape index (κ1) is 29.6. The molecule has 0 rings (SSSR count). The van der Waals surface area contributed by atoms with Gasteiger partial charge in [0.2, 0.25) is 0 Å². The Bertz CT molecular complexity index is 323. The summed E-state index contributed by atoms with van der Waals surface area (Å²) in [5.41, 5.74) is 0. The van der Waals surface area contributed by atoms with Gasteiger partial charge < -0.3 is 8.23 Å². The topological polar surface area (TPSA) is 18.5 Å². The summed E-state index contributed by atoms with van der Waals surface area (Å²) in [6.45, 7) is 14.0. The van der Waals surface area contributed by atoms with Gasteiger partial charge in [0, 0.05) is 0 Å². The fourth-order valence-corrected chi connectivity index (χ4v) is 20.0. The predicted octanol–water partition coefficient (Wildman–Crippen LogP) is 8.71. The minimum atomic E-state index is -2.05. The standard InChI is InChI=1S/C24H56O2Si3/c1-7-13-19-27-25-29(23-17-11-5,24-18-12-6)26-28(20-14-8-2,21-15-9-3)22-16-10-4/h7-24,27H2,1-6H3. The fraction of sp³-hybridized carbons (Fsp3) is 1.00. The monoisotopic (exact) mass is 460 g/mol. The Labute approximate surface area is 189 Å². The number of hydrogen-bond acceptors (Lipinski definition) is 2. The van der Waals surface area contributed by atoms with Gasteiger partial charge in [-0.1, -0.05) is 119 Å². The lowest BCUT2D eigenvalue weighted by molar-refractivity contribution is 0.365. The summed E-state index contributed by atoms with van der Waals surface area (Å²) in [6.07, 6.45) is 15.8. The molecule has 0 fully saturated rings. The lowest BCUT2D eigenvalue weighted by atomic mass is 10.4. The molecule has 0 aliphatic rings. The van der Waals surface area contributed by atoms with Gasteiger partial charge in [0.25, 0.3) is 0 Å². The van der Waals surface area contributed by atoms with Crippen molar-refractivity contribution in [1.82, 2.24) is 0 Å². The normalized spacial score (nSPS) is 13.0. The highest BCUT2D eigenvalue weighted by Gasteiger charge is 2.45. The van der Waals surface area contributed by atoms with E-state index in [1.165, 1.54) is 113 Å². The summed E-state index contributed by atoms with van der Waals surface area (Å²) in [5.74, 6) is 0. The van der Waals surface area contributed by atoms with E-state index >= 15 is 0 Å². The van der Waals surface area contributed by atoms with E-state index in [0.29, 0.717) is 0 Å². The van der Waals surface area contributed by atoms with E-state index in [2.05, 4.69) is 41.5 Å². The molecule has 0 aromatic carbocycles. The first-order valence-electron chi connectivity index (χ1n) is 13.4. The molecule has 0 aliphatic heterocycles. The van der Waals surface area contributed by atoms with E-state index < -0.39 is 26.6 Å². The molecule has 0 atom stereocenters. The van der Waals surface area contributed by atoms with Crippen LogP contribution in [0.1, 0.15) is 119 Å². The lowest BCUT2D eigenvalue weighted by Gasteiger charge is -2.43. The highest BCUT2D eigenvalue weighted by atomic mass is 28.5. The van der Waals surface area contributed by atoms with Crippen LogP contribution in [0.4, 0.5) is 0 Å². The Morgan fingerprint density at radius 3 is 1.28 bits per heavy atom. The molecule has 0 heterocycles. The van der Waals surface area contributed by atoms with Crippen LogP contribution in [0, 0.1) is 0 Å². The first-order chi connectivity index (χ1) is 14.1. The van der Waals surface area contributed by atoms with Gasteiger partial charge in [0.15, 0.2) is 8.32 Å². The molecule has 29 heavy (non-hydrogen) atoms. The second-order valence-corrected chi connectivity index (χ2v) is 19.0.